The van der Waals surface area contributed by atoms with E-state index in [1.165, 1.54) is 25.6 Å². The first-order valence-electron chi connectivity index (χ1n) is 5.68. The fourth-order valence-corrected chi connectivity index (χ4v) is 3.76. The summed E-state index contributed by atoms with van der Waals surface area (Å²) in [6, 6.07) is 14.4. The Kier molecular flexibility index (Phi) is 2.10. The summed E-state index contributed by atoms with van der Waals surface area (Å²) in [5.41, 5.74) is 1.07. The molecule has 18 heavy (non-hydrogen) atoms. The van der Waals surface area contributed by atoms with E-state index < -0.39 is 0 Å². The van der Waals surface area contributed by atoms with Crippen LogP contribution in [0.25, 0.3) is 31.1 Å². The highest BCUT2D eigenvalue weighted by atomic mass is 35.5. The van der Waals surface area contributed by atoms with E-state index in [-0.39, 0.29) is 0 Å². The number of thiophene rings is 1. The fourth-order valence-electron chi connectivity index (χ4n) is 2.38. The standard InChI is InChI=1S/C15H8ClNS/c16-10-4-5-11-13(8-10)18-12-6-3-9-2-1-7-17-15(9)14(11)12/h1-8H. The molecule has 0 saturated carbocycles. The highest BCUT2D eigenvalue weighted by Crippen LogP contribution is 2.38. The molecule has 0 bridgehead atoms. The molecule has 0 aliphatic rings. The minimum absolute atomic E-state index is 0.784. The maximum absolute atomic E-state index is 6.06. The SMILES string of the molecule is Clc1ccc2c(c1)sc1ccc3cccnc3c12. The van der Waals surface area contributed by atoms with Gasteiger partial charge in [-0.15, -0.1) is 11.3 Å². The lowest BCUT2D eigenvalue weighted by Crippen LogP contribution is -1.78. The van der Waals surface area contributed by atoms with Crippen molar-refractivity contribution in [2.24, 2.45) is 0 Å². The third-order valence-electron chi connectivity index (χ3n) is 3.17. The Hall–Kier alpha value is -1.64. The Bertz CT molecular complexity index is 895. The van der Waals surface area contributed by atoms with Crippen LogP contribution in [0.3, 0.4) is 0 Å². The maximum Gasteiger partial charge on any atom is 0.0795 e. The van der Waals surface area contributed by atoms with E-state index in [0.29, 0.717) is 0 Å². The first-order chi connectivity index (χ1) is 8.83. The van der Waals surface area contributed by atoms with Crippen molar-refractivity contribution < 1.29 is 0 Å². The number of hydrogen-bond donors (Lipinski definition) is 0. The lowest BCUT2D eigenvalue weighted by atomic mass is 10.1. The van der Waals surface area contributed by atoms with E-state index in [0.717, 1.165) is 10.5 Å². The molecule has 0 saturated heterocycles. The van der Waals surface area contributed by atoms with Crippen LogP contribution in [0.5, 0.6) is 0 Å². The van der Waals surface area contributed by atoms with Crippen LogP contribution >= 0.6 is 22.9 Å². The zero-order valence-electron chi connectivity index (χ0n) is 9.35. The second kappa shape index (κ2) is 3.67. The number of hydrogen-bond acceptors (Lipinski definition) is 2. The van der Waals surface area contributed by atoms with Gasteiger partial charge in [-0.2, -0.15) is 0 Å². The van der Waals surface area contributed by atoms with Crippen LogP contribution in [0.4, 0.5) is 0 Å². The molecule has 0 radical (unpaired) electrons. The van der Waals surface area contributed by atoms with Crippen molar-refractivity contribution in [3.63, 3.8) is 0 Å². The largest absolute Gasteiger partial charge is 0.256 e. The van der Waals surface area contributed by atoms with Gasteiger partial charge in [0.15, 0.2) is 0 Å². The molecule has 0 amide bonds. The molecule has 2 aromatic carbocycles. The Balaban J connectivity index is 2.33. The van der Waals surface area contributed by atoms with Gasteiger partial charge >= 0.3 is 0 Å². The monoisotopic (exact) mass is 269 g/mol. The second-order valence-electron chi connectivity index (χ2n) is 4.26. The molecule has 3 heteroatoms. The summed E-state index contributed by atoms with van der Waals surface area (Å²) < 4.78 is 2.48. The number of benzene rings is 2. The summed E-state index contributed by atoms with van der Waals surface area (Å²) >= 11 is 7.82. The van der Waals surface area contributed by atoms with E-state index >= 15 is 0 Å². The van der Waals surface area contributed by atoms with Crippen molar-refractivity contribution in [3.05, 3.63) is 53.7 Å². The molecule has 2 aromatic heterocycles. The smallest absolute Gasteiger partial charge is 0.0795 e. The van der Waals surface area contributed by atoms with Gasteiger partial charge in [-0.1, -0.05) is 29.8 Å². The predicted molar refractivity (Wildman–Crippen MR) is 79.6 cm³/mol. The number of aromatic nitrogens is 1. The molecular formula is C15H8ClNS. The molecule has 0 spiro atoms. The summed E-state index contributed by atoms with van der Waals surface area (Å²) in [4.78, 5) is 4.53. The van der Waals surface area contributed by atoms with Crippen LogP contribution in [-0.4, -0.2) is 4.98 Å². The van der Waals surface area contributed by atoms with Crippen LogP contribution in [-0.2, 0) is 0 Å². The van der Waals surface area contributed by atoms with E-state index in [1.54, 1.807) is 11.3 Å². The minimum atomic E-state index is 0.784. The molecule has 1 nitrogen and oxygen atoms in total. The van der Waals surface area contributed by atoms with Crippen molar-refractivity contribution in [2.75, 3.05) is 0 Å². The number of rotatable bonds is 0. The van der Waals surface area contributed by atoms with Crippen molar-refractivity contribution >= 4 is 54.0 Å². The molecule has 4 rings (SSSR count). The van der Waals surface area contributed by atoms with Crippen LogP contribution in [0.1, 0.15) is 0 Å². The quantitative estimate of drug-likeness (QED) is 0.424. The Morgan fingerprint density at radius 1 is 1.00 bits per heavy atom. The van der Waals surface area contributed by atoms with Gasteiger partial charge in [0, 0.05) is 36.8 Å². The Morgan fingerprint density at radius 2 is 1.94 bits per heavy atom. The number of fused-ring (bicyclic) bond motifs is 5. The van der Waals surface area contributed by atoms with E-state index in [9.17, 15) is 0 Å². The minimum Gasteiger partial charge on any atom is -0.256 e. The summed E-state index contributed by atoms with van der Waals surface area (Å²) in [7, 11) is 0. The summed E-state index contributed by atoms with van der Waals surface area (Å²) in [6.07, 6.45) is 1.85. The average molecular weight is 270 g/mol. The van der Waals surface area contributed by atoms with E-state index in [1.807, 2.05) is 24.4 Å². The molecule has 0 aliphatic carbocycles. The fraction of sp³-hybridized carbons (Fsp3) is 0. The lowest BCUT2D eigenvalue weighted by molar-refractivity contribution is 1.43. The van der Waals surface area contributed by atoms with Gasteiger partial charge in [0.25, 0.3) is 0 Å². The van der Waals surface area contributed by atoms with Gasteiger partial charge in [-0.3, -0.25) is 4.98 Å². The van der Waals surface area contributed by atoms with Crippen molar-refractivity contribution in [3.8, 4) is 0 Å². The van der Waals surface area contributed by atoms with Gasteiger partial charge < -0.3 is 0 Å². The van der Waals surface area contributed by atoms with Gasteiger partial charge in [0.05, 0.1) is 5.52 Å². The summed E-state index contributed by atoms with van der Waals surface area (Å²) in [6.45, 7) is 0. The molecule has 0 unspecified atom stereocenters. The van der Waals surface area contributed by atoms with Crippen LogP contribution < -0.4 is 0 Å². The summed E-state index contributed by atoms with van der Waals surface area (Å²) in [5, 5.41) is 4.44. The lowest BCUT2D eigenvalue weighted by Gasteiger charge is -1.98. The Labute approximate surface area is 113 Å². The van der Waals surface area contributed by atoms with Gasteiger partial charge in [0.1, 0.15) is 0 Å². The normalized spacial score (nSPS) is 11.6. The highest BCUT2D eigenvalue weighted by molar-refractivity contribution is 7.26. The molecule has 4 aromatic rings. The molecule has 86 valence electrons. The number of nitrogens with zero attached hydrogens (tertiary/aromatic N) is 1. The molecule has 0 aliphatic heterocycles. The zero-order valence-corrected chi connectivity index (χ0v) is 10.9. The topological polar surface area (TPSA) is 12.9 Å². The van der Waals surface area contributed by atoms with Gasteiger partial charge in [0.2, 0.25) is 0 Å². The molecule has 0 atom stereocenters. The molecule has 0 fully saturated rings. The van der Waals surface area contributed by atoms with Crippen molar-refractivity contribution in [2.45, 2.75) is 0 Å². The van der Waals surface area contributed by atoms with Crippen molar-refractivity contribution in [1.29, 1.82) is 0 Å². The molecular weight excluding hydrogens is 262 g/mol. The van der Waals surface area contributed by atoms with E-state index in [4.69, 9.17) is 11.6 Å². The predicted octanol–water partition coefficient (Wildman–Crippen LogP) is 5.26. The summed E-state index contributed by atoms with van der Waals surface area (Å²) in [5.74, 6) is 0. The Morgan fingerprint density at radius 3 is 2.89 bits per heavy atom. The van der Waals surface area contributed by atoms with Crippen molar-refractivity contribution in [1.82, 2.24) is 4.98 Å². The first-order valence-corrected chi connectivity index (χ1v) is 6.88. The average Bonchev–Trinajstić information content (AvgIpc) is 2.76. The number of halogens is 1. The second-order valence-corrected chi connectivity index (χ2v) is 5.78. The van der Waals surface area contributed by atoms with Gasteiger partial charge in [-0.25, -0.2) is 0 Å². The highest BCUT2D eigenvalue weighted by Gasteiger charge is 2.09. The first kappa shape index (κ1) is 10.3. The third kappa shape index (κ3) is 1.36. The third-order valence-corrected chi connectivity index (χ3v) is 4.52. The van der Waals surface area contributed by atoms with Crippen LogP contribution in [0.2, 0.25) is 5.02 Å². The molecule has 0 N–H and O–H groups in total. The van der Waals surface area contributed by atoms with Crippen LogP contribution in [0, 0.1) is 0 Å². The zero-order chi connectivity index (χ0) is 12.1. The molecule has 2 heterocycles. The number of pyridine rings is 1. The van der Waals surface area contributed by atoms with Gasteiger partial charge in [-0.05, 0) is 24.3 Å². The maximum atomic E-state index is 6.06. The van der Waals surface area contributed by atoms with Crippen LogP contribution in [0.15, 0.2) is 48.7 Å². The van der Waals surface area contributed by atoms with E-state index in [2.05, 4.69) is 29.2 Å².